The summed E-state index contributed by atoms with van der Waals surface area (Å²) in [5.74, 6) is 0.671. The van der Waals surface area contributed by atoms with Crippen LogP contribution in [0.15, 0.2) is 0 Å². The average molecular weight is 172 g/mol. The lowest BCUT2D eigenvalue weighted by Gasteiger charge is -2.18. The van der Waals surface area contributed by atoms with Crippen molar-refractivity contribution in [1.82, 2.24) is 0 Å². The van der Waals surface area contributed by atoms with Crippen LogP contribution in [-0.2, 0) is 4.79 Å². The molecule has 0 radical (unpaired) electrons. The van der Waals surface area contributed by atoms with Crippen molar-refractivity contribution >= 4 is 6.47 Å². The van der Waals surface area contributed by atoms with Crippen LogP contribution in [0.5, 0.6) is 0 Å². The fourth-order valence-electron chi connectivity index (χ4n) is 3.09. The zero-order chi connectivity index (χ0) is 8.93. The van der Waals surface area contributed by atoms with E-state index in [4.69, 9.17) is 9.90 Å². The van der Waals surface area contributed by atoms with Gasteiger partial charge in [0.25, 0.3) is 6.47 Å². The van der Waals surface area contributed by atoms with E-state index in [0.29, 0.717) is 11.8 Å². The normalized spacial score (nSPS) is 49.5. The van der Waals surface area contributed by atoms with E-state index in [9.17, 15) is 10.2 Å². The van der Waals surface area contributed by atoms with Gasteiger partial charge in [-0.2, -0.15) is 0 Å². The molecule has 0 aromatic rings. The van der Waals surface area contributed by atoms with Gasteiger partial charge in [-0.25, -0.2) is 0 Å². The lowest BCUT2D eigenvalue weighted by atomic mass is 10.1. The van der Waals surface area contributed by atoms with Crippen molar-refractivity contribution < 1.29 is 20.1 Å². The van der Waals surface area contributed by atoms with Gasteiger partial charge in [0.2, 0.25) is 0 Å². The standard InChI is InChI=1S/C7H10O2.CH2O2/c8-7(9)3-1-4-5(2-3)6(4)7;2-1-3/h3-6,8-9H,1-2H2;1H,(H,2,3). The highest BCUT2D eigenvalue weighted by atomic mass is 16.5. The number of rotatable bonds is 0. The maximum atomic E-state index is 9.37. The number of carboxylic acid groups (broad SMARTS) is 1. The topological polar surface area (TPSA) is 77.8 Å². The second kappa shape index (κ2) is 2.20. The predicted molar refractivity (Wildman–Crippen MR) is 39.1 cm³/mol. The molecule has 4 bridgehead atoms. The first kappa shape index (κ1) is 8.01. The molecule has 0 amide bonds. The Morgan fingerprint density at radius 2 is 1.67 bits per heavy atom. The van der Waals surface area contributed by atoms with E-state index in [1.54, 1.807) is 0 Å². The van der Waals surface area contributed by atoms with Crippen molar-refractivity contribution in [2.45, 2.75) is 18.6 Å². The van der Waals surface area contributed by atoms with Gasteiger partial charge >= 0.3 is 0 Å². The molecule has 4 fully saturated rings. The van der Waals surface area contributed by atoms with Crippen molar-refractivity contribution in [2.24, 2.45) is 23.7 Å². The SMILES string of the molecule is O=CO.OC1(O)C2CC3C(C2)C31. The molecule has 68 valence electrons. The number of hydrogen-bond donors (Lipinski definition) is 3. The van der Waals surface area contributed by atoms with Crippen LogP contribution in [0.2, 0.25) is 0 Å². The van der Waals surface area contributed by atoms with E-state index in [1.807, 2.05) is 0 Å². The van der Waals surface area contributed by atoms with E-state index in [2.05, 4.69) is 0 Å². The summed E-state index contributed by atoms with van der Waals surface area (Å²) in [6.45, 7) is -0.250. The monoisotopic (exact) mass is 172 g/mol. The molecule has 4 aliphatic carbocycles. The van der Waals surface area contributed by atoms with E-state index in [1.165, 1.54) is 0 Å². The molecule has 4 saturated carbocycles. The van der Waals surface area contributed by atoms with Crippen molar-refractivity contribution in [3.8, 4) is 0 Å². The third-order valence-corrected chi connectivity index (χ3v) is 3.54. The third-order valence-electron chi connectivity index (χ3n) is 3.54. The molecule has 2 unspecified atom stereocenters. The smallest absolute Gasteiger partial charge is 0.290 e. The maximum Gasteiger partial charge on any atom is 0.290 e. The summed E-state index contributed by atoms with van der Waals surface area (Å²) in [5.41, 5.74) is 0. The summed E-state index contributed by atoms with van der Waals surface area (Å²) in [7, 11) is 0. The van der Waals surface area contributed by atoms with Crippen LogP contribution < -0.4 is 0 Å². The van der Waals surface area contributed by atoms with Crippen LogP contribution in [0, 0.1) is 23.7 Å². The van der Waals surface area contributed by atoms with E-state index < -0.39 is 5.79 Å². The first-order valence-corrected chi connectivity index (χ1v) is 4.15. The van der Waals surface area contributed by atoms with Crippen LogP contribution in [0.25, 0.3) is 0 Å². The zero-order valence-electron chi connectivity index (χ0n) is 6.55. The summed E-state index contributed by atoms with van der Waals surface area (Å²) >= 11 is 0. The zero-order valence-corrected chi connectivity index (χ0v) is 6.55. The first-order valence-electron chi connectivity index (χ1n) is 4.15. The Bertz CT molecular complexity index is 197. The third kappa shape index (κ3) is 0.765. The highest BCUT2D eigenvalue weighted by Crippen LogP contribution is 2.73. The minimum absolute atomic E-state index is 0.234. The van der Waals surface area contributed by atoms with Crippen LogP contribution >= 0.6 is 0 Å². The quantitative estimate of drug-likeness (QED) is 0.345. The molecule has 12 heavy (non-hydrogen) atoms. The fraction of sp³-hybridized carbons (Fsp3) is 0.875. The van der Waals surface area contributed by atoms with Crippen molar-refractivity contribution in [1.29, 1.82) is 0 Å². The Morgan fingerprint density at radius 3 is 1.75 bits per heavy atom. The Morgan fingerprint density at radius 1 is 1.25 bits per heavy atom. The molecule has 3 N–H and O–H groups in total. The molecule has 0 spiro atoms. The van der Waals surface area contributed by atoms with Crippen LogP contribution in [0.4, 0.5) is 0 Å². The molecule has 0 aromatic heterocycles. The number of carbonyl (C=O) groups is 1. The Labute approximate surface area is 69.8 Å². The second-order valence-corrected chi connectivity index (χ2v) is 3.91. The van der Waals surface area contributed by atoms with Gasteiger partial charge < -0.3 is 15.3 Å². The lowest BCUT2D eigenvalue weighted by Crippen LogP contribution is -2.32. The number of hydrogen-bond acceptors (Lipinski definition) is 3. The van der Waals surface area contributed by atoms with Crippen LogP contribution in [-0.4, -0.2) is 27.6 Å². The molecule has 4 rings (SSSR count). The first-order chi connectivity index (χ1) is 5.62. The molecule has 0 heterocycles. The predicted octanol–water partition coefficient (Wildman–Crippen LogP) is -0.346. The van der Waals surface area contributed by atoms with Gasteiger partial charge in [0, 0.05) is 11.8 Å². The van der Waals surface area contributed by atoms with Gasteiger partial charge in [0.05, 0.1) is 0 Å². The van der Waals surface area contributed by atoms with E-state index in [-0.39, 0.29) is 18.3 Å². The fourth-order valence-corrected chi connectivity index (χ4v) is 3.09. The summed E-state index contributed by atoms with van der Waals surface area (Å²) in [6, 6.07) is 0. The highest BCUT2D eigenvalue weighted by molar-refractivity contribution is 5.32. The molecular weight excluding hydrogens is 160 g/mol. The van der Waals surface area contributed by atoms with Gasteiger partial charge in [0.15, 0.2) is 5.79 Å². The Hall–Kier alpha value is -0.610. The summed E-state index contributed by atoms with van der Waals surface area (Å²) in [4.78, 5) is 8.36. The molecule has 0 aromatic carbocycles. The minimum atomic E-state index is -1.24. The van der Waals surface area contributed by atoms with E-state index in [0.717, 1.165) is 12.8 Å². The van der Waals surface area contributed by atoms with E-state index >= 15 is 0 Å². The van der Waals surface area contributed by atoms with Gasteiger partial charge in [-0.3, -0.25) is 4.79 Å². The highest BCUT2D eigenvalue weighted by Gasteiger charge is 2.75. The molecule has 4 aliphatic rings. The molecule has 0 saturated heterocycles. The Kier molecular flexibility index (Phi) is 1.47. The lowest BCUT2D eigenvalue weighted by molar-refractivity contribution is -0.187. The molecule has 2 atom stereocenters. The average Bonchev–Trinajstić information content (AvgIpc) is 2.34. The second-order valence-electron chi connectivity index (χ2n) is 3.91. The van der Waals surface area contributed by atoms with Gasteiger partial charge in [0.1, 0.15) is 0 Å². The van der Waals surface area contributed by atoms with Crippen LogP contribution in [0.1, 0.15) is 12.8 Å². The van der Waals surface area contributed by atoms with Gasteiger partial charge in [-0.15, -0.1) is 0 Å². The Balaban J connectivity index is 0.000000169. The van der Waals surface area contributed by atoms with Crippen molar-refractivity contribution in [3.05, 3.63) is 0 Å². The molecule has 4 heteroatoms. The van der Waals surface area contributed by atoms with Gasteiger partial charge in [-0.1, -0.05) is 0 Å². The van der Waals surface area contributed by atoms with Gasteiger partial charge in [-0.05, 0) is 24.7 Å². The van der Waals surface area contributed by atoms with Crippen LogP contribution in [0.3, 0.4) is 0 Å². The summed E-state index contributed by atoms with van der Waals surface area (Å²) < 4.78 is 0. The molecule has 0 aliphatic heterocycles. The molecule has 4 nitrogen and oxygen atoms in total. The minimum Gasteiger partial charge on any atom is -0.483 e. The number of aliphatic hydroxyl groups is 2. The summed E-state index contributed by atoms with van der Waals surface area (Å²) in [6.07, 6.45) is 2.17. The summed E-state index contributed by atoms with van der Waals surface area (Å²) in [5, 5.41) is 25.6. The van der Waals surface area contributed by atoms with Crippen molar-refractivity contribution in [2.75, 3.05) is 0 Å². The molecular formula is C8H12O4. The maximum absolute atomic E-state index is 9.37. The largest absolute Gasteiger partial charge is 0.483 e. The van der Waals surface area contributed by atoms with Crippen molar-refractivity contribution in [3.63, 3.8) is 0 Å².